The Bertz CT molecular complexity index is 874. The molecule has 22 heavy (non-hydrogen) atoms. The molecule has 2 nitrogen and oxygen atoms in total. The summed E-state index contributed by atoms with van der Waals surface area (Å²) in [6.45, 7) is 2.00. The zero-order valence-electron chi connectivity index (χ0n) is 12.3. The summed E-state index contributed by atoms with van der Waals surface area (Å²) in [6, 6.07) is 14.9. The van der Waals surface area contributed by atoms with Crippen molar-refractivity contribution in [1.82, 2.24) is 0 Å². The van der Waals surface area contributed by atoms with Gasteiger partial charge in [-0.05, 0) is 52.8 Å². The van der Waals surface area contributed by atoms with Crippen LogP contribution >= 0.6 is 0 Å². The summed E-state index contributed by atoms with van der Waals surface area (Å²) in [5.74, 6) is 0.173. The monoisotopic (exact) mass is 288 g/mol. The predicted molar refractivity (Wildman–Crippen MR) is 89.5 cm³/mol. The normalized spacial score (nSPS) is 14.0. The molecule has 2 aromatic rings. The van der Waals surface area contributed by atoms with Crippen LogP contribution in [0.5, 0.6) is 5.75 Å². The van der Waals surface area contributed by atoms with E-state index in [2.05, 4.69) is 24.3 Å². The van der Waals surface area contributed by atoms with Crippen molar-refractivity contribution in [2.75, 3.05) is 0 Å². The van der Waals surface area contributed by atoms with E-state index in [-0.39, 0.29) is 11.5 Å². The second-order valence-corrected chi connectivity index (χ2v) is 5.17. The van der Waals surface area contributed by atoms with Gasteiger partial charge in [-0.1, -0.05) is 48.6 Å². The Hall–Kier alpha value is -2.87. The van der Waals surface area contributed by atoms with Gasteiger partial charge in [-0.15, -0.1) is 0 Å². The van der Waals surface area contributed by atoms with E-state index < -0.39 is 0 Å². The molecule has 0 amide bonds. The first kappa shape index (κ1) is 14.1. The van der Waals surface area contributed by atoms with E-state index in [9.17, 15) is 9.90 Å². The summed E-state index contributed by atoms with van der Waals surface area (Å²) >= 11 is 0. The number of allylic oxidation sites excluding steroid dienone is 4. The molecule has 0 radical (unpaired) electrons. The molecule has 0 bridgehead atoms. The van der Waals surface area contributed by atoms with Gasteiger partial charge >= 0.3 is 0 Å². The van der Waals surface area contributed by atoms with E-state index in [1.54, 1.807) is 30.3 Å². The van der Waals surface area contributed by atoms with Crippen molar-refractivity contribution in [3.63, 3.8) is 0 Å². The van der Waals surface area contributed by atoms with Gasteiger partial charge in [0.15, 0.2) is 5.78 Å². The minimum Gasteiger partial charge on any atom is -0.508 e. The predicted octanol–water partition coefficient (Wildman–Crippen LogP) is 2.57. The quantitative estimate of drug-likeness (QED) is 0.875. The minimum absolute atomic E-state index is 0.0204. The van der Waals surface area contributed by atoms with E-state index in [4.69, 9.17) is 0 Å². The van der Waals surface area contributed by atoms with Gasteiger partial charge in [0.1, 0.15) is 5.75 Å². The van der Waals surface area contributed by atoms with Crippen molar-refractivity contribution >= 4 is 23.0 Å². The van der Waals surface area contributed by atoms with Crippen LogP contribution in [0.3, 0.4) is 0 Å². The zero-order chi connectivity index (χ0) is 15.5. The zero-order valence-corrected chi connectivity index (χ0v) is 12.3. The van der Waals surface area contributed by atoms with Crippen LogP contribution in [0, 0.1) is 0 Å². The molecule has 1 aliphatic carbocycles. The van der Waals surface area contributed by atoms with Crippen molar-refractivity contribution < 1.29 is 9.90 Å². The summed E-state index contributed by atoms with van der Waals surface area (Å²) < 4.78 is 0. The molecular formula is C20H16O2. The van der Waals surface area contributed by atoms with Crippen molar-refractivity contribution in [3.05, 3.63) is 82.8 Å². The van der Waals surface area contributed by atoms with Gasteiger partial charge in [-0.3, -0.25) is 4.79 Å². The molecule has 3 rings (SSSR count). The van der Waals surface area contributed by atoms with Crippen molar-refractivity contribution in [2.45, 2.75) is 6.92 Å². The van der Waals surface area contributed by atoms with E-state index in [0.29, 0.717) is 5.57 Å². The van der Waals surface area contributed by atoms with Gasteiger partial charge in [0.2, 0.25) is 0 Å². The summed E-state index contributed by atoms with van der Waals surface area (Å²) in [7, 11) is 0. The number of hydrogen-bond acceptors (Lipinski definition) is 2. The highest BCUT2D eigenvalue weighted by atomic mass is 16.3. The molecule has 0 saturated carbocycles. The second-order valence-electron chi connectivity index (χ2n) is 5.17. The van der Waals surface area contributed by atoms with Gasteiger partial charge in [0.25, 0.3) is 0 Å². The Kier molecular flexibility index (Phi) is 3.75. The SMILES string of the molecule is CC=c1ccc(=C2C=CC(=O)C(c3ccc(O)cc3)=C2)cc1. The van der Waals surface area contributed by atoms with E-state index >= 15 is 0 Å². The summed E-state index contributed by atoms with van der Waals surface area (Å²) in [5, 5.41) is 11.6. The number of carbonyl (C=O) groups is 1. The Labute approximate surface area is 129 Å². The number of aromatic hydroxyl groups is 1. The molecule has 1 N–H and O–H groups in total. The molecule has 108 valence electrons. The van der Waals surface area contributed by atoms with Crippen LogP contribution in [0.15, 0.2) is 66.8 Å². The lowest BCUT2D eigenvalue weighted by Gasteiger charge is -2.10. The van der Waals surface area contributed by atoms with Crippen LogP contribution in [0.4, 0.5) is 0 Å². The first-order chi connectivity index (χ1) is 10.7. The highest BCUT2D eigenvalue weighted by molar-refractivity contribution is 6.29. The highest BCUT2D eigenvalue weighted by Gasteiger charge is 2.13. The smallest absolute Gasteiger partial charge is 0.186 e. The first-order valence-corrected chi connectivity index (χ1v) is 7.17. The van der Waals surface area contributed by atoms with Crippen LogP contribution < -0.4 is 10.4 Å². The summed E-state index contributed by atoms with van der Waals surface area (Å²) in [6.07, 6.45) is 7.39. The maximum absolute atomic E-state index is 12.1. The lowest BCUT2D eigenvalue weighted by Crippen LogP contribution is -2.11. The van der Waals surface area contributed by atoms with Gasteiger partial charge in [-0.25, -0.2) is 0 Å². The number of phenols is 1. The Balaban J connectivity index is 2.12. The molecule has 0 fully saturated rings. The summed E-state index contributed by atoms with van der Waals surface area (Å²) in [4.78, 5) is 12.1. The van der Waals surface area contributed by atoms with Crippen molar-refractivity contribution in [1.29, 1.82) is 0 Å². The maximum Gasteiger partial charge on any atom is 0.186 e. The third kappa shape index (κ3) is 2.77. The molecule has 0 spiro atoms. The Morgan fingerprint density at radius 3 is 2.23 bits per heavy atom. The molecule has 2 heteroatoms. The largest absolute Gasteiger partial charge is 0.508 e. The topological polar surface area (TPSA) is 37.3 Å². The lowest BCUT2D eigenvalue weighted by atomic mass is 9.93. The molecule has 0 saturated heterocycles. The molecular weight excluding hydrogens is 272 g/mol. The van der Waals surface area contributed by atoms with E-state index in [1.807, 2.05) is 25.2 Å². The Morgan fingerprint density at radius 2 is 1.59 bits per heavy atom. The maximum atomic E-state index is 12.1. The number of rotatable bonds is 1. The van der Waals surface area contributed by atoms with Gasteiger partial charge in [0, 0.05) is 5.57 Å². The van der Waals surface area contributed by atoms with Crippen LogP contribution in [-0.4, -0.2) is 10.9 Å². The van der Waals surface area contributed by atoms with Gasteiger partial charge in [-0.2, -0.15) is 0 Å². The number of benzene rings is 2. The second kappa shape index (κ2) is 5.86. The average Bonchev–Trinajstić information content (AvgIpc) is 2.56. The molecule has 0 unspecified atom stereocenters. The molecule has 0 atom stereocenters. The molecule has 0 aliphatic heterocycles. The standard InChI is InChI=1S/C20H16O2/c1-2-14-3-5-15(6-4-14)17-9-12-20(22)19(13-17)16-7-10-18(21)11-8-16/h2-13,21H,1H3. The summed E-state index contributed by atoms with van der Waals surface area (Å²) in [5.41, 5.74) is 2.46. The van der Waals surface area contributed by atoms with Crippen LogP contribution in [0.25, 0.3) is 17.2 Å². The van der Waals surface area contributed by atoms with Crippen molar-refractivity contribution in [3.8, 4) is 5.75 Å². The highest BCUT2D eigenvalue weighted by Crippen LogP contribution is 2.24. The van der Waals surface area contributed by atoms with Crippen molar-refractivity contribution in [2.24, 2.45) is 0 Å². The molecule has 2 aromatic carbocycles. The fraction of sp³-hybridized carbons (Fsp3) is 0.0500. The third-order valence-corrected chi connectivity index (χ3v) is 3.74. The van der Waals surface area contributed by atoms with Crippen LogP contribution in [0.2, 0.25) is 0 Å². The molecule has 0 heterocycles. The van der Waals surface area contributed by atoms with Crippen LogP contribution in [-0.2, 0) is 4.79 Å². The first-order valence-electron chi connectivity index (χ1n) is 7.17. The lowest BCUT2D eigenvalue weighted by molar-refractivity contribution is -0.109. The number of phenolic OH excluding ortho intramolecular Hbond substituents is 1. The van der Waals surface area contributed by atoms with Gasteiger partial charge in [0.05, 0.1) is 0 Å². The third-order valence-electron chi connectivity index (χ3n) is 3.74. The number of ketones is 1. The molecule has 0 aromatic heterocycles. The van der Waals surface area contributed by atoms with Crippen LogP contribution in [0.1, 0.15) is 12.5 Å². The van der Waals surface area contributed by atoms with Gasteiger partial charge < -0.3 is 5.11 Å². The Morgan fingerprint density at radius 1 is 0.909 bits per heavy atom. The fourth-order valence-electron chi connectivity index (χ4n) is 2.44. The van der Waals surface area contributed by atoms with E-state index in [0.717, 1.165) is 16.4 Å². The molecule has 1 aliphatic rings. The van der Waals surface area contributed by atoms with E-state index in [1.165, 1.54) is 5.22 Å². The number of hydrogen-bond donors (Lipinski definition) is 1. The average molecular weight is 288 g/mol. The minimum atomic E-state index is -0.0204. The number of carbonyl (C=O) groups excluding carboxylic acids is 1. The fourth-order valence-corrected chi connectivity index (χ4v) is 2.44.